The minimum Gasteiger partial charge on any atom is -0.451 e. The molecule has 0 spiro atoms. The van der Waals surface area contributed by atoms with Gasteiger partial charge < -0.3 is 15.1 Å². The van der Waals surface area contributed by atoms with Crippen molar-refractivity contribution in [3.05, 3.63) is 21.0 Å². The van der Waals surface area contributed by atoms with Crippen molar-refractivity contribution in [3.63, 3.8) is 0 Å². The number of halogens is 2. The Morgan fingerprint density at radius 1 is 1.32 bits per heavy atom. The minimum absolute atomic E-state index is 0.173. The second-order valence-corrected chi connectivity index (χ2v) is 6.47. The van der Waals surface area contributed by atoms with Crippen molar-refractivity contribution < 1.29 is 4.42 Å². The third-order valence-electron chi connectivity index (χ3n) is 3.60. The molecule has 0 aromatic carbocycles. The Labute approximate surface area is 131 Å². The summed E-state index contributed by atoms with van der Waals surface area (Å²) >= 11 is 6.85. The minimum atomic E-state index is 0.173. The average molecular weight is 395 g/mol. The van der Waals surface area contributed by atoms with Crippen LogP contribution in [0.1, 0.15) is 25.1 Å². The Balaban J connectivity index is 1.99. The van der Waals surface area contributed by atoms with E-state index in [1.165, 1.54) is 13.0 Å². The molecule has 0 radical (unpaired) electrons. The summed E-state index contributed by atoms with van der Waals surface area (Å²) in [5, 5.41) is 0. The zero-order valence-corrected chi connectivity index (χ0v) is 14.4. The molecular formula is C13H21Br2N3O. The molecule has 1 aromatic rings. The fraction of sp³-hybridized carbons (Fsp3) is 0.692. The molecule has 2 heterocycles. The van der Waals surface area contributed by atoms with Crippen LogP contribution < -0.4 is 5.73 Å². The van der Waals surface area contributed by atoms with Gasteiger partial charge in [0.25, 0.3) is 0 Å². The standard InChI is InChI=1S/C13H21Br2N3O/c1-2-3-17-4-6-18(7-5-17)11(9-16)12-8-10(14)13(15)19-12/h8,11H,2-7,9,16H2,1H3. The summed E-state index contributed by atoms with van der Waals surface area (Å²) in [6.07, 6.45) is 1.22. The molecule has 1 aliphatic heterocycles. The lowest BCUT2D eigenvalue weighted by Crippen LogP contribution is -2.49. The third-order valence-corrected chi connectivity index (χ3v) is 5.31. The van der Waals surface area contributed by atoms with Gasteiger partial charge in [-0.25, -0.2) is 0 Å². The van der Waals surface area contributed by atoms with E-state index in [1.54, 1.807) is 0 Å². The quantitative estimate of drug-likeness (QED) is 0.833. The highest BCUT2D eigenvalue weighted by molar-refractivity contribution is 9.13. The van der Waals surface area contributed by atoms with Gasteiger partial charge in [0.2, 0.25) is 0 Å². The van der Waals surface area contributed by atoms with Gasteiger partial charge in [-0.15, -0.1) is 0 Å². The number of nitrogens with zero attached hydrogens (tertiary/aromatic N) is 2. The molecular weight excluding hydrogens is 374 g/mol. The Hall–Kier alpha value is 0.120. The normalized spacial score (nSPS) is 19.8. The van der Waals surface area contributed by atoms with E-state index in [1.807, 2.05) is 6.07 Å². The summed E-state index contributed by atoms with van der Waals surface area (Å²) < 4.78 is 7.42. The lowest BCUT2D eigenvalue weighted by atomic mass is 10.1. The van der Waals surface area contributed by atoms with E-state index in [4.69, 9.17) is 10.2 Å². The van der Waals surface area contributed by atoms with Gasteiger partial charge in [0.15, 0.2) is 4.67 Å². The maximum atomic E-state index is 5.94. The second kappa shape index (κ2) is 7.22. The van der Waals surface area contributed by atoms with Crippen LogP contribution in [-0.4, -0.2) is 49.1 Å². The van der Waals surface area contributed by atoms with Crippen LogP contribution >= 0.6 is 31.9 Å². The van der Waals surface area contributed by atoms with Gasteiger partial charge in [0.05, 0.1) is 10.5 Å². The van der Waals surface area contributed by atoms with E-state index < -0.39 is 0 Å². The van der Waals surface area contributed by atoms with Gasteiger partial charge >= 0.3 is 0 Å². The summed E-state index contributed by atoms with van der Waals surface area (Å²) in [6, 6.07) is 2.19. The Morgan fingerprint density at radius 2 is 2.00 bits per heavy atom. The van der Waals surface area contributed by atoms with Crippen LogP contribution in [0.3, 0.4) is 0 Å². The molecule has 0 aliphatic carbocycles. The van der Waals surface area contributed by atoms with E-state index in [0.29, 0.717) is 6.54 Å². The molecule has 0 saturated carbocycles. The second-order valence-electron chi connectivity index (χ2n) is 4.90. The van der Waals surface area contributed by atoms with E-state index in [2.05, 4.69) is 48.6 Å². The van der Waals surface area contributed by atoms with Gasteiger partial charge in [-0.2, -0.15) is 0 Å². The maximum absolute atomic E-state index is 5.94. The van der Waals surface area contributed by atoms with Crippen LogP contribution in [0.25, 0.3) is 0 Å². The molecule has 19 heavy (non-hydrogen) atoms. The van der Waals surface area contributed by atoms with Crippen molar-refractivity contribution in [3.8, 4) is 0 Å². The zero-order chi connectivity index (χ0) is 13.8. The number of rotatable bonds is 5. The number of furan rings is 1. The van der Waals surface area contributed by atoms with Crippen molar-refractivity contribution in [2.45, 2.75) is 19.4 Å². The number of piperazine rings is 1. The smallest absolute Gasteiger partial charge is 0.183 e. The van der Waals surface area contributed by atoms with Crippen molar-refractivity contribution in [2.75, 3.05) is 39.3 Å². The number of nitrogens with two attached hydrogens (primary N) is 1. The van der Waals surface area contributed by atoms with E-state index >= 15 is 0 Å². The van der Waals surface area contributed by atoms with Gasteiger partial charge in [0, 0.05) is 32.7 Å². The Morgan fingerprint density at radius 3 is 2.47 bits per heavy atom. The van der Waals surface area contributed by atoms with Crippen molar-refractivity contribution in [1.29, 1.82) is 0 Å². The number of hydrogen-bond acceptors (Lipinski definition) is 4. The molecule has 1 aromatic heterocycles. The number of hydrogen-bond donors (Lipinski definition) is 1. The maximum Gasteiger partial charge on any atom is 0.183 e. The predicted octanol–water partition coefficient (Wildman–Crippen LogP) is 2.83. The predicted molar refractivity (Wildman–Crippen MR) is 84.2 cm³/mol. The molecule has 0 amide bonds. The Kier molecular flexibility index (Phi) is 5.89. The highest BCUT2D eigenvalue weighted by atomic mass is 79.9. The molecule has 1 aliphatic rings. The van der Waals surface area contributed by atoms with Crippen LogP contribution in [0, 0.1) is 0 Å². The lowest BCUT2D eigenvalue weighted by Gasteiger charge is -2.38. The highest BCUT2D eigenvalue weighted by Crippen LogP contribution is 2.32. The van der Waals surface area contributed by atoms with Gasteiger partial charge in [-0.3, -0.25) is 4.90 Å². The van der Waals surface area contributed by atoms with Crippen molar-refractivity contribution in [1.82, 2.24) is 9.80 Å². The average Bonchev–Trinajstić information content (AvgIpc) is 2.73. The largest absolute Gasteiger partial charge is 0.451 e. The zero-order valence-electron chi connectivity index (χ0n) is 11.2. The van der Waals surface area contributed by atoms with Crippen LogP contribution in [0.5, 0.6) is 0 Å². The summed E-state index contributed by atoms with van der Waals surface area (Å²) in [6.45, 7) is 8.35. The molecule has 2 N–H and O–H groups in total. The molecule has 2 rings (SSSR count). The first-order valence-electron chi connectivity index (χ1n) is 6.77. The highest BCUT2D eigenvalue weighted by Gasteiger charge is 2.26. The molecule has 1 fully saturated rings. The SMILES string of the molecule is CCCN1CCN(C(CN)c2cc(Br)c(Br)o2)CC1. The van der Waals surface area contributed by atoms with Crippen LogP contribution in [0.2, 0.25) is 0 Å². The molecule has 1 atom stereocenters. The van der Waals surface area contributed by atoms with Crippen molar-refractivity contribution in [2.24, 2.45) is 5.73 Å². The van der Waals surface area contributed by atoms with Crippen molar-refractivity contribution >= 4 is 31.9 Å². The summed E-state index contributed by atoms with van der Waals surface area (Å²) in [4.78, 5) is 4.93. The van der Waals surface area contributed by atoms with E-state index in [9.17, 15) is 0 Å². The summed E-state index contributed by atoms with van der Waals surface area (Å²) in [5.74, 6) is 0.935. The first-order valence-corrected chi connectivity index (χ1v) is 8.35. The molecule has 1 unspecified atom stereocenters. The van der Waals surface area contributed by atoms with Crippen LogP contribution in [0.15, 0.2) is 19.6 Å². The Bertz CT molecular complexity index is 383. The third kappa shape index (κ3) is 3.82. The van der Waals surface area contributed by atoms with Gasteiger partial charge in [-0.1, -0.05) is 6.92 Å². The molecule has 4 nitrogen and oxygen atoms in total. The van der Waals surface area contributed by atoms with E-state index in [0.717, 1.165) is 41.1 Å². The fourth-order valence-corrected chi connectivity index (χ4v) is 3.20. The van der Waals surface area contributed by atoms with Gasteiger partial charge in [-0.05, 0) is 50.9 Å². The van der Waals surface area contributed by atoms with Crippen LogP contribution in [0.4, 0.5) is 0 Å². The topological polar surface area (TPSA) is 45.6 Å². The monoisotopic (exact) mass is 393 g/mol. The molecule has 1 saturated heterocycles. The van der Waals surface area contributed by atoms with E-state index in [-0.39, 0.29) is 6.04 Å². The molecule has 0 bridgehead atoms. The van der Waals surface area contributed by atoms with Crippen LogP contribution in [-0.2, 0) is 0 Å². The fourth-order valence-electron chi connectivity index (χ4n) is 2.59. The molecule has 6 heteroatoms. The first kappa shape index (κ1) is 15.5. The summed E-state index contributed by atoms with van der Waals surface area (Å²) in [5.41, 5.74) is 5.94. The van der Waals surface area contributed by atoms with Gasteiger partial charge in [0.1, 0.15) is 5.76 Å². The lowest BCUT2D eigenvalue weighted by molar-refractivity contribution is 0.0892. The first-order chi connectivity index (χ1) is 9.15. The summed E-state index contributed by atoms with van der Waals surface area (Å²) in [7, 11) is 0. The molecule has 108 valence electrons.